The number of aromatic nitrogens is 2. The van der Waals surface area contributed by atoms with Crippen LogP contribution in [0.2, 0.25) is 0 Å². The lowest BCUT2D eigenvalue weighted by Gasteiger charge is -2.16. The lowest BCUT2D eigenvalue weighted by molar-refractivity contribution is -0.141. The number of hydrogen-bond donors (Lipinski definition) is 1. The van der Waals surface area contributed by atoms with Crippen LogP contribution >= 0.6 is 11.8 Å². The van der Waals surface area contributed by atoms with Gasteiger partial charge in [0.15, 0.2) is 5.16 Å². The van der Waals surface area contributed by atoms with Gasteiger partial charge < -0.3 is 5.32 Å². The Morgan fingerprint density at radius 1 is 1.19 bits per heavy atom. The Balaban J connectivity index is 1.82. The largest absolute Gasteiger partial charge is 0.433 e. The highest BCUT2D eigenvalue weighted by Gasteiger charge is 2.34. The zero-order chi connectivity index (χ0) is 19.4. The van der Waals surface area contributed by atoms with Crippen LogP contribution in [0.3, 0.4) is 0 Å². The predicted octanol–water partition coefficient (Wildman–Crippen LogP) is 4.70. The third-order valence-electron chi connectivity index (χ3n) is 4.42. The minimum absolute atomic E-state index is 0.0576. The first-order valence-electron chi connectivity index (χ1n) is 8.81. The van der Waals surface area contributed by atoms with Crippen molar-refractivity contribution in [1.82, 2.24) is 15.3 Å². The average Bonchev–Trinajstić information content (AvgIpc) is 3.14. The van der Waals surface area contributed by atoms with Gasteiger partial charge in [0.05, 0.1) is 10.9 Å². The maximum absolute atomic E-state index is 13.3. The van der Waals surface area contributed by atoms with E-state index in [-0.39, 0.29) is 22.8 Å². The topological polar surface area (TPSA) is 54.9 Å². The van der Waals surface area contributed by atoms with Gasteiger partial charge in [0.2, 0.25) is 5.91 Å². The highest BCUT2D eigenvalue weighted by molar-refractivity contribution is 8.00. The van der Waals surface area contributed by atoms with Gasteiger partial charge in [-0.05, 0) is 25.8 Å². The summed E-state index contributed by atoms with van der Waals surface area (Å²) in [5.74, 6) is -0.200. The van der Waals surface area contributed by atoms with Crippen LogP contribution < -0.4 is 5.32 Å². The summed E-state index contributed by atoms with van der Waals surface area (Å²) in [5, 5.41) is 2.31. The zero-order valence-electron chi connectivity index (χ0n) is 14.8. The zero-order valence-corrected chi connectivity index (χ0v) is 15.6. The molecular formula is C19H20F3N3OS. The van der Waals surface area contributed by atoms with Gasteiger partial charge in [-0.1, -0.05) is 54.9 Å². The monoisotopic (exact) mass is 395 g/mol. The van der Waals surface area contributed by atoms with E-state index >= 15 is 0 Å². The second kappa shape index (κ2) is 8.29. The maximum atomic E-state index is 13.3. The van der Waals surface area contributed by atoms with Crippen molar-refractivity contribution in [1.29, 1.82) is 0 Å². The third kappa shape index (κ3) is 5.22. The quantitative estimate of drug-likeness (QED) is 0.589. The molecule has 0 spiro atoms. The fraction of sp³-hybridized carbons (Fsp3) is 0.421. The fourth-order valence-electron chi connectivity index (χ4n) is 2.98. The summed E-state index contributed by atoms with van der Waals surface area (Å²) >= 11 is 0.940. The molecule has 1 aliphatic rings. The van der Waals surface area contributed by atoms with Gasteiger partial charge in [0.25, 0.3) is 0 Å². The highest BCUT2D eigenvalue weighted by atomic mass is 32.2. The van der Waals surface area contributed by atoms with Gasteiger partial charge in [-0.15, -0.1) is 0 Å². The van der Waals surface area contributed by atoms with Crippen LogP contribution in [0.15, 0.2) is 41.6 Å². The smallest absolute Gasteiger partial charge is 0.352 e. The Morgan fingerprint density at radius 2 is 1.85 bits per heavy atom. The molecule has 4 nitrogen and oxygen atoms in total. The second-order valence-electron chi connectivity index (χ2n) is 6.53. The van der Waals surface area contributed by atoms with Crippen LogP contribution in [-0.4, -0.2) is 27.2 Å². The van der Waals surface area contributed by atoms with Crippen molar-refractivity contribution in [3.05, 3.63) is 42.1 Å². The maximum Gasteiger partial charge on any atom is 0.433 e. The van der Waals surface area contributed by atoms with Crippen molar-refractivity contribution in [2.75, 3.05) is 0 Å². The number of nitrogens with one attached hydrogen (secondary N) is 1. The van der Waals surface area contributed by atoms with Crippen molar-refractivity contribution in [3.8, 4) is 11.3 Å². The highest BCUT2D eigenvalue weighted by Crippen LogP contribution is 2.33. The molecule has 1 N–H and O–H groups in total. The van der Waals surface area contributed by atoms with E-state index in [0.29, 0.717) is 5.56 Å². The Hall–Kier alpha value is -2.09. The molecule has 1 heterocycles. The number of benzene rings is 1. The molecule has 1 saturated carbocycles. The number of hydrogen-bond acceptors (Lipinski definition) is 4. The lowest BCUT2D eigenvalue weighted by Crippen LogP contribution is -2.37. The molecule has 0 saturated heterocycles. The molecule has 8 heteroatoms. The molecule has 1 aliphatic carbocycles. The third-order valence-corrected chi connectivity index (χ3v) is 5.38. The molecule has 1 amide bonds. The van der Waals surface area contributed by atoms with Crippen LogP contribution in [0.4, 0.5) is 13.2 Å². The van der Waals surface area contributed by atoms with Crippen molar-refractivity contribution in [2.45, 2.75) is 55.2 Å². The average molecular weight is 395 g/mol. The first-order chi connectivity index (χ1) is 12.8. The van der Waals surface area contributed by atoms with Gasteiger partial charge in [0.1, 0.15) is 5.69 Å². The standard InChI is InChI=1S/C19H20F3N3OS/c1-12(17(26)23-14-9-5-6-10-14)27-18-24-15(13-7-3-2-4-8-13)11-16(25-18)19(20,21)22/h2-4,7-8,11-12,14H,5-6,9-10H2,1H3,(H,23,26)/t12-/m1/s1. The Kier molecular flexibility index (Phi) is 6.04. The number of nitrogens with zero attached hydrogens (tertiary/aromatic N) is 2. The first-order valence-corrected chi connectivity index (χ1v) is 9.69. The van der Waals surface area contributed by atoms with Crippen molar-refractivity contribution < 1.29 is 18.0 Å². The van der Waals surface area contributed by atoms with Crippen LogP contribution in [-0.2, 0) is 11.0 Å². The normalized spacial score (nSPS) is 16.3. The van der Waals surface area contributed by atoms with E-state index in [4.69, 9.17) is 0 Å². The van der Waals surface area contributed by atoms with Crippen LogP contribution in [0, 0.1) is 0 Å². The van der Waals surface area contributed by atoms with Crippen LogP contribution in [0.25, 0.3) is 11.3 Å². The van der Waals surface area contributed by atoms with Crippen LogP contribution in [0.5, 0.6) is 0 Å². The summed E-state index contributed by atoms with van der Waals surface area (Å²) in [5.41, 5.74) is -0.263. The van der Waals surface area contributed by atoms with Crippen molar-refractivity contribution >= 4 is 17.7 Å². The van der Waals surface area contributed by atoms with E-state index < -0.39 is 17.1 Å². The number of rotatable bonds is 5. The van der Waals surface area contributed by atoms with E-state index in [9.17, 15) is 18.0 Å². The number of alkyl halides is 3. The molecule has 0 unspecified atom stereocenters. The minimum atomic E-state index is -4.59. The Labute approximate surface area is 160 Å². The fourth-order valence-corrected chi connectivity index (χ4v) is 3.77. The molecular weight excluding hydrogens is 375 g/mol. The number of halogens is 3. The molecule has 2 aromatic rings. The Bertz CT molecular complexity index is 793. The molecule has 3 rings (SSSR count). The number of amides is 1. The molecule has 1 atom stereocenters. The number of carbonyl (C=O) groups is 1. The van der Waals surface area contributed by atoms with E-state index in [1.54, 1.807) is 37.3 Å². The van der Waals surface area contributed by atoms with Gasteiger partial charge in [-0.25, -0.2) is 9.97 Å². The number of carbonyl (C=O) groups excluding carboxylic acids is 1. The summed E-state index contributed by atoms with van der Waals surface area (Å²) in [4.78, 5) is 20.2. The molecule has 1 aromatic carbocycles. The lowest BCUT2D eigenvalue weighted by atomic mass is 10.1. The summed E-state index contributed by atoms with van der Waals surface area (Å²) in [7, 11) is 0. The first kappa shape index (κ1) is 19.7. The van der Waals surface area contributed by atoms with Gasteiger partial charge >= 0.3 is 6.18 Å². The predicted molar refractivity (Wildman–Crippen MR) is 98.2 cm³/mol. The van der Waals surface area contributed by atoms with Gasteiger partial charge in [-0.2, -0.15) is 13.2 Å². The van der Waals surface area contributed by atoms with E-state index in [0.717, 1.165) is 43.5 Å². The molecule has 27 heavy (non-hydrogen) atoms. The van der Waals surface area contributed by atoms with Crippen molar-refractivity contribution in [2.24, 2.45) is 0 Å². The summed E-state index contributed by atoms with van der Waals surface area (Å²) in [6, 6.07) is 9.70. The molecule has 0 radical (unpaired) electrons. The minimum Gasteiger partial charge on any atom is -0.352 e. The second-order valence-corrected chi connectivity index (χ2v) is 7.84. The molecule has 1 fully saturated rings. The van der Waals surface area contributed by atoms with Gasteiger partial charge in [0, 0.05) is 11.6 Å². The van der Waals surface area contributed by atoms with E-state index in [1.807, 2.05) is 0 Å². The SMILES string of the molecule is C[C@@H](Sc1nc(-c2ccccc2)cc(C(F)(F)F)n1)C(=O)NC1CCCC1. The van der Waals surface area contributed by atoms with E-state index in [1.165, 1.54) is 0 Å². The molecule has 0 aliphatic heterocycles. The van der Waals surface area contributed by atoms with Crippen LogP contribution in [0.1, 0.15) is 38.3 Å². The van der Waals surface area contributed by atoms with Gasteiger partial charge in [-0.3, -0.25) is 4.79 Å². The molecule has 0 bridgehead atoms. The summed E-state index contributed by atoms with van der Waals surface area (Å²) in [6.07, 6.45) is -0.521. The molecule has 1 aromatic heterocycles. The number of thioether (sulfide) groups is 1. The van der Waals surface area contributed by atoms with E-state index in [2.05, 4.69) is 15.3 Å². The molecule has 144 valence electrons. The summed E-state index contributed by atoms with van der Waals surface area (Å²) < 4.78 is 39.8. The van der Waals surface area contributed by atoms with Crippen molar-refractivity contribution in [3.63, 3.8) is 0 Å². The summed E-state index contributed by atoms with van der Waals surface area (Å²) in [6.45, 7) is 1.65. The Morgan fingerprint density at radius 3 is 2.48 bits per heavy atom.